The highest BCUT2D eigenvalue weighted by atomic mass is 16.4. The summed E-state index contributed by atoms with van der Waals surface area (Å²) in [4.78, 5) is 13.4. The van der Waals surface area contributed by atoms with Crippen molar-refractivity contribution in [3.05, 3.63) is 0 Å². The maximum Gasteiger partial charge on any atom is 0.322 e. The second-order valence-electron chi connectivity index (χ2n) is 4.50. The van der Waals surface area contributed by atoms with Crippen LogP contribution in [0.4, 0.5) is 0 Å². The second-order valence-corrected chi connectivity index (χ2v) is 4.50. The van der Waals surface area contributed by atoms with Gasteiger partial charge >= 0.3 is 5.97 Å². The Morgan fingerprint density at radius 3 is 2.81 bits per heavy atom. The van der Waals surface area contributed by atoms with Gasteiger partial charge in [0.15, 0.2) is 0 Å². The molecule has 2 N–H and O–H groups in total. The van der Waals surface area contributed by atoms with Crippen LogP contribution in [0.15, 0.2) is 0 Å². The van der Waals surface area contributed by atoms with Crippen molar-refractivity contribution in [3.63, 3.8) is 0 Å². The van der Waals surface area contributed by atoms with Gasteiger partial charge in [0.1, 0.15) is 6.04 Å². The molecule has 0 saturated carbocycles. The van der Waals surface area contributed by atoms with Crippen LogP contribution in [-0.4, -0.2) is 47.7 Å². The highest BCUT2D eigenvalue weighted by Gasteiger charge is 2.26. The molecule has 2 atom stereocenters. The number of nitrogens with one attached hydrogen (secondary N) is 1. The van der Waals surface area contributed by atoms with E-state index in [2.05, 4.69) is 17.1 Å². The summed E-state index contributed by atoms with van der Waals surface area (Å²) in [7, 11) is 0. The Hall–Kier alpha value is -0.610. The molecule has 0 spiro atoms. The summed E-state index contributed by atoms with van der Waals surface area (Å²) in [5, 5.41) is 12.1. The van der Waals surface area contributed by atoms with E-state index < -0.39 is 12.0 Å². The zero-order valence-electron chi connectivity index (χ0n) is 10.4. The van der Waals surface area contributed by atoms with Crippen LogP contribution in [0.1, 0.15) is 39.5 Å². The first-order chi connectivity index (χ1) is 7.69. The Morgan fingerprint density at radius 2 is 2.25 bits per heavy atom. The summed E-state index contributed by atoms with van der Waals surface area (Å²) in [6.45, 7) is 6.53. The number of aliphatic carboxylic acids is 1. The van der Waals surface area contributed by atoms with E-state index in [1.807, 2.05) is 6.92 Å². The summed E-state index contributed by atoms with van der Waals surface area (Å²) >= 11 is 0. The predicted molar refractivity (Wildman–Crippen MR) is 64.6 cm³/mol. The zero-order valence-corrected chi connectivity index (χ0v) is 10.4. The van der Waals surface area contributed by atoms with Crippen molar-refractivity contribution in [1.82, 2.24) is 10.2 Å². The number of rotatable bonds is 6. The van der Waals surface area contributed by atoms with Gasteiger partial charge in [-0.3, -0.25) is 9.69 Å². The van der Waals surface area contributed by atoms with Crippen LogP contribution in [0.5, 0.6) is 0 Å². The number of likely N-dealkylation sites (N-methyl/N-ethyl adjacent to an activating group) is 1. The third kappa shape index (κ3) is 3.76. The van der Waals surface area contributed by atoms with E-state index in [4.69, 9.17) is 5.11 Å². The Labute approximate surface area is 98.0 Å². The topological polar surface area (TPSA) is 52.6 Å². The molecule has 1 aliphatic rings. The number of carboxylic acids is 1. The van der Waals surface area contributed by atoms with Crippen molar-refractivity contribution in [2.45, 2.75) is 51.6 Å². The molecule has 0 aliphatic carbocycles. The summed E-state index contributed by atoms with van der Waals surface area (Å²) in [6, 6.07) is 0.159. The molecule has 1 rings (SSSR count). The van der Waals surface area contributed by atoms with Crippen LogP contribution in [0.25, 0.3) is 0 Å². The molecule has 1 heterocycles. The van der Waals surface area contributed by atoms with Crippen molar-refractivity contribution >= 4 is 5.97 Å². The van der Waals surface area contributed by atoms with E-state index in [9.17, 15) is 4.79 Å². The first-order valence-electron chi connectivity index (χ1n) is 6.39. The quantitative estimate of drug-likeness (QED) is 0.720. The summed E-state index contributed by atoms with van der Waals surface area (Å²) in [6.07, 6.45) is 4.83. The molecule has 0 bridgehead atoms. The fourth-order valence-corrected chi connectivity index (χ4v) is 2.47. The molecular weight excluding hydrogens is 204 g/mol. The molecule has 1 aliphatic heterocycles. The van der Waals surface area contributed by atoms with Crippen LogP contribution < -0.4 is 5.32 Å². The van der Waals surface area contributed by atoms with Crippen molar-refractivity contribution in [2.24, 2.45) is 0 Å². The lowest BCUT2D eigenvalue weighted by Gasteiger charge is -2.36. The van der Waals surface area contributed by atoms with Crippen molar-refractivity contribution in [2.75, 3.05) is 19.6 Å². The molecule has 4 nitrogen and oxygen atoms in total. The van der Waals surface area contributed by atoms with Crippen molar-refractivity contribution in [1.29, 1.82) is 0 Å². The number of carbonyl (C=O) groups is 1. The standard InChI is InChI=1S/C12H24N2O2/c1-3-10-7-5-6-8-14(10)9-11(12(15)16)13-4-2/h10-11,13H,3-9H2,1-2H3,(H,15,16). The average Bonchev–Trinajstić information content (AvgIpc) is 2.29. The Balaban J connectivity index is 2.50. The zero-order chi connectivity index (χ0) is 12.0. The molecule has 94 valence electrons. The molecule has 4 heteroatoms. The van der Waals surface area contributed by atoms with Crippen molar-refractivity contribution < 1.29 is 9.90 Å². The molecular formula is C12H24N2O2. The maximum atomic E-state index is 11.1. The van der Waals surface area contributed by atoms with Gasteiger partial charge in [0.05, 0.1) is 0 Å². The minimum absolute atomic E-state index is 0.419. The number of hydrogen-bond donors (Lipinski definition) is 2. The van der Waals surface area contributed by atoms with Crippen LogP contribution in [-0.2, 0) is 4.79 Å². The van der Waals surface area contributed by atoms with E-state index in [1.54, 1.807) is 0 Å². The average molecular weight is 228 g/mol. The third-order valence-corrected chi connectivity index (χ3v) is 3.39. The highest BCUT2D eigenvalue weighted by molar-refractivity contribution is 5.73. The van der Waals surface area contributed by atoms with Gasteiger partial charge in [0, 0.05) is 12.6 Å². The molecule has 0 aromatic heterocycles. The first-order valence-corrected chi connectivity index (χ1v) is 6.39. The van der Waals surface area contributed by atoms with E-state index in [0.717, 1.165) is 13.0 Å². The Morgan fingerprint density at radius 1 is 1.50 bits per heavy atom. The van der Waals surface area contributed by atoms with Gasteiger partial charge in [-0.25, -0.2) is 0 Å². The maximum absolute atomic E-state index is 11.1. The van der Waals surface area contributed by atoms with Gasteiger partial charge < -0.3 is 10.4 Å². The van der Waals surface area contributed by atoms with Crippen LogP contribution in [0, 0.1) is 0 Å². The van der Waals surface area contributed by atoms with Crippen LogP contribution in [0.3, 0.4) is 0 Å². The lowest BCUT2D eigenvalue weighted by Crippen LogP contribution is -2.50. The van der Waals surface area contributed by atoms with Crippen LogP contribution >= 0.6 is 0 Å². The second kappa shape index (κ2) is 6.86. The molecule has 0 aromatic carbocycles. The van der Waals surface area contributed by atoms with Gasteiger partial charge in [-0.15, -0.1) is 0 Å². The predicted octanol–water partition coefficient (Wildman–Crippen LogP) is 1.31. The molecule has 1 saturated heterocycles. The number of piperidine rings is 1. The van der Waals surface area contributed by atoms with E-state index in [-0.39, 0.29) is 0 Å². The molecule has 2 unspecified atom stereocenters. The van der Waals surface area contributed by atoms with E-state index in [1.165, 1.54) is 19.3 Å². The number of likely N-dealkylation sites (tertiary alicyclic amines) is 1. The Kier molecular flexibility index (Phi) is 5.77. The monoisotopic (exact) mass is 228 g/mol. The number of hydrogen-bond acceptors (Lipinski definition) is 3. The van der Waals surface area contributed by atoms with E-state index in [0.29, 0.717) is 19.1 Å². The third-order valence-electron chi connectivity index (χ3n) is 3.39. The first kappa shape index (κ1) is 13.5. The number of nitrogens with zero attached hydrogens (tertiary/aromatic N) is 1. The minimum Gasteiger partial charge on any atom is -0.480 e. The molecule has 16 heavy (non-hydrogen) atoms. The molecule has 1 fully saturated rings. The summed E-state index contributed by atoms with van der Waals surface area (Å²) in [5.74, 6) is -0.734. The van der Waals surface area contributed by atoms with Gasteiger partial charge in [-0.1, -0.05) is 20.3 Å². The SMILES string of the molecule is CCNC(CN1CCCCC1CC)C(=O)O. The van der Waals surface area contributed by atoms with Gasteiger partial charge in [0.2, 0.25) is 0 Å². The van der Waals surface area contributed by atoms with Gasteiger partial charge in [0.25, 0.3) is 0 Å². The number of carboxylic acid groups (broad SMARTS) is 1. The fourth-order valence-electron chi connectivity index (χ4n) is 2.47. The molecule has 0 aromatic rings. The lowest BCUT2D eigenvalue weighted by atomic mass is 9.99. The minimum atomic E-state index is -0.734. The lowest BCUT2D eigenvalue weighted by molar-refractivity contribution is -0.140. The normalized spacial score (nSPS) is 24.2. The molecule has 0 radical (unpaired) electrons. The summed E-state index contributed by atoms with van der Waals surface area (Å²) in [5.41, 5.74) is 0. The highest BCUT2D eigenvalue weighted by Crippen LogP contribution is 2.19. The van der Waals surface area contributed by atoms with E-state index >= 15 is 0 Å². The van der Waals surface area contributed by atoms with Gasteiger partial charge in [-0.05, 0) is 32.4 Å². The fraction of sp³-hybridized carbons (Fsp3) is 0.917. The van der Waals surface area contributed by atoms with Gasteiger partial charge in [-0.2, -0.15) is 0 Å². The summed E-state index contributed by atoms with van der Waals surface area (Å²) < 4.78 is 0. The molecule has 0 amide bonds. The van der Waals surface area contributed by atoms with Crippen LogP contribution in [0.2, 0.25) is 0 Å². The largest absolute Gasteiger partial charge is 0.480 e. The van der Waals surface area contributed by atoms with Crippen molar-refractivity contribution in [3.8, 4) is 0 Å². The Bertz CT molecular complexity index is 221. The smallest absolute Gasteiger partial charge is 0.322 e.